The molecule has 4 nitrogen and oxygen atoms in total. The quantitative estimate of drug-likeness (QED) is 0.586. The van der Waals surface area contributed by atoms with Gasteiger partial charge in [0.05, 0.1) is 0 Å². The molecule has 0 saturated heterocycles. The number of unbranched alkanes of at least 4 members (excludes halogenated alkanes) is 1. The molecule has 1 rings (SSSR count). The average Bonchev–Trinajstić information content (AvgIpc) is 2.14. The second-order valence-electron chi connectivity index (χ2n) is 3.37. The number of ketones is 1. The van der Waals surface area contributed by atoms with Crippen LogP contribution in [0.5, 0.6) is 0 Å². The Morgan fingerprint density at radius 1 is 1.43 bits per heavy atom. The molecular weight excluding hydrogens is 184 g/mol. The molecule has 0 bridgehead atoms. The molecule has 0 radical (unpaired) electrons. The Kier molecular flexibility index (Phi) is 3.08. The number of aliphatic hydroxyl groups is 3. The molecule has 0 spiro atoms. The van der Waals surface area contributed by atoms with E-state index in [1.165, 1.54) is 6.08 Å². The number of rotatable bonds is 3. The molecule has 0 fully saturated rings. The van der Waals surface area contributed by atoms with Gasteiger partial charge in [-0.05, 0) is 24.5 Å². The fraction of sp³-hybridized carbons (Fsp3) is 0.500. The minimum Gasteiger partial charge on any atom is -0.504 e. The smallest absolute Gasteiger partial charge is 0.260 e. The van der Waals surface area contributed by atoms with Gasteiger partial charge in [-0.25, -0.2) is 0 Å². The number of carbonyl (C=O) groups is 1. The first-order chi connectivity index (χ1) is 6.49. The van der Waals surface area contributed by atoms with Crippen LogP contribution in [0.25, 0.3) is 0 Å². The summed E-state index contributed by atoms with van der Waals surface area (Å²) < 4.78 is 0. The summed E-state index contributed by atoms with van der Waals surface area (Å²) in [5.74, 6) is -4.13. The summed E-state index contributed by atoms with van der Waals surface area (Å²) in [5, 5.41) is 27.5. The maximum absolute atomic E-state index is 11.2. The van der Waals surface area contributed by atoms with E-state index in [1.54, 1.807) is 0 Å². The SMILES string of the molecule is CCCCC1=C(O)C(=O)C(O)(O)C=C1. The van der Waals surface area contributed by atoms with Crippen molar-refractivity contribution in [3.8, 4) is 0 Å². The van der Waals surface area contributed by atoms with Crippen molar-refractivity contribution >= 4 is 5.78 Å². The van der Waals surface area contributed by atoms with Gasteiger partial charge >= 0.3 is 0 Å². The predicted molar refractivity (Wildman–Crippen MR) is 50.5 cm³/mol. The number of hydrogen-bond donors (Lipinski definition) is 3. The predicted octanol–water partition coefficient (Wildman–Crippen LogP) is 0.808. The molecule has 0 heterocycles. The Balaban J connectivity index is 2.84. The van der Waals surface area contributed by atoms with Gasteiger partial charge in [-0.3, -0.25) is 4.79 Å². The third-order valence-electron chi connectivity index (χ3n) is 2.17. The monoisotopic (exact) mass is 198 g/mol. The van der Waals surface area contributed by atoms with Crippen molar-refractivity contribution in [3.63, 3.8) is 0 Å². The van der Waals surface area contributed by atoms with Gasteiger partial charge in [0.15, 0.2) is 5.76 Å². The molecule has 0 aromatic rings. The van der Waals surface area contributed by atoms with Crippen LogP contribution in [-0.4, -0.2) is 26.9 Å². The Hall–Kier alpha value is -1.13. The lowest BCUT2D eigenvalue weighted by molar-refractivity contribution is -0.164. The molecule has 0 saturated carbocycles. The van der Waals surface area contributed by atoms with Crippen LogP contribution in [0.15, 0.2) is 23.5 Å². The Morgan fingerprint density at radius 3 is 2.64 bits per heavy atom. The summed E-state index contributed by atoms with van der Waals surface area (Å²) in [5.41, 5.74) is 0.468. The van der Waals surface area contributed by atoms with Crippen molar-refractivity contribution in [1.82, 2.24) is 0 Å². The van der Waals surface area contributed by atoms with Crippen LogP contribution in [-0.2, 0) is 4.79 Å². The lowest BCUT2D eigenvalue weighted by Crippen LogP contribution is -2.39. The van der Waals surface area contributed by atoms with Crippen LogP contribution in [0.2, 0.25) is 0 Å². The minimum absolute atomic E-state index is 0.468. The van der Waals surface area contributed by atoms with Crippen molar-refractivity contribution in [1.29, 1.82) is 0 Å². The Morgan fingerprint density at radius 2 is 2.07 bits per heavy atom. The normalized spacial score (nSPS) is 20.4. The van der Waals surface area contributed by atoms with Gasteiger partial charge < -0.3 is 15.3 Å². The zero-order valence-electron chi connectivity index (χ0n) is 8.03. The third kappa shape index (κ3) is 2.02. The third-order valence-corrected chi connectivity index (χ3v) is 2.17. The van der Waals surface area contributed by atoms with Crippen molar-refractivity contribution in [3.05, 3.63) is 23.5 Å². The molecular formula is C10H14O4. The van der Waals surface area contributed by atoms with Crippen molar-refractivity contribution in [2.24, 2.45) is 0 Å². The Bertz CT molecular complexity index is 299. The molecule has 0 aromatic carbocycles. The van der Waals surface area contributed by atoms with E-state index in [9.17, 15) is 9.90 Å². The van der Waals surface area contributed by atoms with Crippen LogP contribution in [0.4, 0.5) is 0 Å². The molecule has 0 aliphatic heterocycles. The van der Waals surface area contributed by atoms with Crippen LogP contribution < -0.4 is 0 Å². The van der Waals surface area contributed by atoms with Crippen LogP contribution in [0.3, 0.4) is 0 Å². The standard InChI is InChI=1S/C10H14O4/c1-2-3-4-7-5-6-10(13,14)9(12)8(7)11/h5-6,11,13-14H,2-4H2,1H3. The second kappa shape index (κ2) is 3.94. The minimum atomic E-state index is -2.54. The molecule has 1 aliphatic carbocycles. The van der Waals surface area contributed by atoms with E-state index in [1.807, 2.05) is 6.92 Å². The van der Waals surface area contributed by atoms with Gasteiger partial charge in [0.2, 0.25) is 0 Å². The number of carbonyl (C=O) groups excluding carboxylic acids is 1. The molecule has 0 amide bonds. The van der Waals surface area contributed by atoms with E-state index < -0.39 is 17.3 Å². The number of hydrogen-bond acceptors (Lipinski definition) is 4. The maximum atomic E-state index is 11.2. The van der Waals surface area contributed by atoms with Crippen molar-refractivity contribution in [2.75, 3.05) is 0 Å². The van der Waals surface area contributed by atoms with Crippen LogP contribution in [0.1, 0.15) is 26.2 Å². The summed E-state index contributed by atoms with van der Waals surface area (Å²) in [6, 6.07) is 0. The summed E-state index contributed by atoms with van der Waals surface area (Å²) >= 11 is 0. The lowest BCUT2D eigenvalue weighted by Gasteiger charge is -2.20. The van der Waals surface area contributed by atoms with Gasteiger partial charge in [0, 0.05) is 0 Å². The summed E-state index contributed by atoms with van der Waals surface area (Å²) in [6.45, 7) is 1.99. The maximum Gasteiger partial charge on any atom is 0.260 e. The average molecular weight is 198 g/mol. The molecule has 3 N–H and O–H groups in total. The van der Waals surface area contributed by atoms with Crippen LogP contribution >= 0.6 is 0 Å². The highest BCUT2D eigenvalue weighted by atomic mass is 16.5. The van der Waals surface area contributed by atoms with Gasteiger partial charge in [0.25, 0.3) is 11.6 Å². The highest BCUT2D eigenvalue weighted by Crippen LogP contribution is 2.23. The lowest BCUT2D eigenvalue weighted by atomic mass is 9.95. The van der Waals surface area contributed by atoms with E-state index in [0.717, 1.165) is 18.9 Å². The number of Topliss-reactive ketones (excluding diaryl/α,β-unsaturated/α-hetero) is 1. The van der Waals surface area contributed by atoms with E-state index >= 15 is 0 Å². The molecule has 0 atom stereocenters. The Labute approximate surface area is 82.2 Å². The summed E-state index contributed by atoms with van der Waals surface area (Å²) in [7, 11) is 0. The summed E-state index contributed by atoms with van der Waals surface area (Å²) in [6.07, 6.45) is 4.73. The highest BCUT2D eigenvalue weighted by molar-refractivity contribution is 6.02. The highest BCUT2D eigenvalue weighted by Gasteiger charge is 2.36. The van der Waals surface area contributed by atoms with Gasteiger partial charge in [0.1, 0.15) is 0 Å². The fourth-order valence-electron chi connectivity index (χ4n) is 1.26. The molecule has 1 aliphatic rings. The molecule has 4 heteroatoms. The second-order valence-corrected chi connectivity index (χ2v) is 3.37. The molecule has 0 unspecified atom stereocenters. The van der Waals surface area contributed by atoms with Gasteiger partial charge in [-0.2, -0.15) is 0 Å². The van der Waals surface area contributed by atoms with E-state index in [2.05, 4.69) is 0 Å². The first-order valence-electron chi connectivity index (χ1n) is 4.60. The zero-order valence-corrected chi connectivity index (χ0v) is 8.03. The number of allylic oxidation sites excluding steroid dienone is 2. The van der Waals surface area contributed by atoms with Crippen LogP contribution in [0, 0.1) is 0 Å². The molecule has 0 aromatic heterocycles. The van der Waals surface area contributed by atoms with E-state index in [-0.39, 0.29) is 0 Å². The van der Waals surface area contributed by atoms with Gasteiger partial charge in [-0.1, -0.05) is 19.4 Å². The summed E-state index contributed by atoms with van der Waals surface area (Å²) in [4.78, 5) is 11.2. The fourth-order valence-corrected chi connectivity index (χ4v) is 1.26. The van der Waals surface area contributed by atoms with E-state index in [4.69, 9.17) is 10.2 Å². The molecule has 14 heavy (non-hydrogen) atoms. The van der Waals surface area contributed by atoms with Crippen molar-refractivity contribution < 1.29 is 20.1 Å². The van der Waals surface area contributed by atoms with E-state index in [0.29, 0.717) is 12.0 Å². The molecule has 78 valence electrons. The van der Waals surface area contributed by atoms with Gasteiger partial charge in [-0.15, -0.1) is 0 Å². The number of aliphatic hydroxyl groups excluding tert-OH is 1. The largest absolute Gasteiger partial charge is 0.504 e. The van der Waals surface area contributed by atoms with Crippen molar-refractivity contribution in [2.45, 2.75) is 32.0 Å². The first kappa shape index (κ1) is 10.9. The zero-order chi connectivity index (χ0) is 10.8. The first-order valence-corrected chi connectivity index (χ1v) is 4.60. The topological polar surface area (TPSA) is 77.8 Å².